The molecular weight excluding hydrogens is 288 g/mol. The van der Waals surface area contributed by atoms with Gasteiger partial charge in [-0.05, 0) is 81.1 Å². The summed E-state index contributed by atoms with van der Waals surface area (Å²) in [4.78, 5) is 0. The molecule has 2 fully saturated rings. The van der Waals surface area contributed by atoms with E-state index in [1.54, 1.807) is 6.07 Å². The van der Waals surface area contributed by atoms with Crippen LogP contribution >= 0.6 is 0 Å². The van der Waals surface area contributed by atoms with E-state index in [9.17, 15) is 15.3 Å². The van der Waals surface area contributed by atoms with Crippen LogP contribution in [0, 0.1) is 10.8 Å². The second-order valence-electron chi connectivity index (χ2n) is 8.56. The third-order valence-corrected chi connectivity index (χ3v) is 6.08. The lowest BCUT2D eigenvalue weighted by Gasteiger charge is -2.15. The largest absolute Gasteiger partial charge is 0.508 e. The molecule has 2 saturated carbocycles. The van der Waals surface area contributed by atoms with Crippen molar-refractivity contribution >= 4 is 0 Å². The fraction of sp³-hybridized carbons (Fsp3) is 0.700. The van der Waals surface area contributed by atoms with Gasteiger partial charge in [-0.1, -0.05) is 13.8 Å². The lowest BCUT2D eigenvalue weighted by atomic mass is 9.94. The smallest absolute Gasteiger partial charge is 0.164 e. The predicted molar refractivity (Wildman–Crippen MR) is 92.0 cm³/mol. The molecule has 0 atom stereocenters. The van der Waals surface area contributed by atoms with Crippen LogP contribution in [-0.4, -0.2) is 15.3 Å². The van der Waals surface area contributed by atoms with E-state index in [-0.39, 0.29) is 17.2 Å². The molecule has 0 heterocycles. The highest BCUT2D eigenvalue weighted by molar-refractivity contribution is 5.56. The maximum absolute atomic E-state index is 10.3. The summed E-state index contributed by atoms with van der Waals surface area (Å²) in [5.41, 5.74) is 2.15. The van der Waals surface area contributed by atoms with Gasteiger partial charge in [0.25, 0.3) is 0 Å². The summed E-state index contributed by atoms with van der Waals surface area (Å²) in [7, 11) is 0. The molecule has 0 radical (unpaired) electrons. The SMILES string of the molecule is CC1(CCCc2cc(O)c(CCCC3(C)CC3)c(O)c2O)CC1. The Morgan fingerprint density at radius 3 is 1.87 bits per heavy atom. The molecule has 2 aliphatic rings. The van der Waals surface area contributed by atoms with E-state index in [0.717, 1.165) is 25.7 Å². The van der Waals surface area contributed by atoms with Gasteiger partial charge >= 0.3 is 0 Å². The van der Waals surface area contributed by atoms with Crippen molar-refractivity contribution in [2.75, 3.05) is 0 Å². The molecule has 3 nitrogen and oxygen atoms in total. The number of phenols is 3. The lowest BCUT2D eigenvalue weighted by Crippen LogP contribution is -1.98. The third kappa shape index (κ3) is 3.94. The number of hydrogen-bond acceptors (Lipinski definition) is 3. The number of aromatic hydroxyl groups is 3. The first kappa shape index (κ1) is 16.5. The number of benzene rings is 1. The van der Waals surface area contributed by atoms with Crippen LogP contribution in [-0.2, 0) is 12.8 Å². The Labute approximate surface area is 139 Å². The summed E-state index contributed by atoms with van der Waals surface area (Å²) < 4.78 is 0. The molecular formula is C20H30O3. The number of aryl methyl sites for hydroxylation is 1. The Morgan fingerprint density at radius 1 is 0.826 bits per heavy atom. The van der Waals surface area contributed by atoms with E-state index in [1.807, 2.05) is 0 Å². The summed E-state index contributed by atoms with van der Waals surface area (Å²) in [5, 5.41) is 30.8. The minimum Gasteiger partial charge on any atom is -0.508 e. The van der Waals surface area contributed by atoms with Crippen LogP contribution in [0.2, 0.25) is 0 Å². The van der Waals surface area contributed by atoms with Crippen molar-refractivity contribution in [1.82, 2.24) is 0 Å². The van der Waals surface area contributed by atoms with Gasteiger partial charge in [0.1, 0.15) is 5.75 Å². The van der Waals surface area contributed by atoms with Gasteiger partial charge in [0, 0.05) is 11.1 Å². The van der Waals surface area contributed by atoms with E-state index in [2.05, 4.69) is 13.8 Å². The van der Waals surface area contributed by atoms with E-state index in [4.69, 9.17) is 0 Å². The summed E-state index contributed by atoms with van der Waals surface area (Å²) in [6.45, 7) is 4.58. The van der Waals surface area contributed by atoms with Gasteiger partial charge in [-0.25, -0.2) is 0 Å². The molecule has 3 rings (SSSR count). The highest BCUT2D eigenvalue weighted by Gasteiger charge is 2.37. The van der Waals surface area contributed by atoms with Gasteiger partial charge in [-0.2, -0.15) is 0 Å². The van der Waals surface area contributed by atoms with Crippen molar-refractivity contribution in [1.29, 1.82) is 0 Å². The molecule has 0 aliphatic heterocycles. The van der Waals surface area contributed by atoms with Crippen LogP contribution in [0.3, 0.4) is 0 Å². The van der Waals surface area contributed by atoms with Gasteiger partial charge in [0.2, 0.25) is 0 Å². The topological polar surface area (TPSA) is 60.7 Å². The maximum Gasteiger partial charge on any atom is 0.164 e. The van der Waals surface area contributed by atoms with Crippen molar-refractivity contribution in [3.05, 3.63) is 17.2 Å². The van der Waals surface area contributed by atoms with Gasteiger partial charge in [-0.15, -0.1) is 0 Å². The number of hydrogen-bond donors (Lipinski definition) is 3. The molecule has 128 valence electrons. The standard InChI is InChI=1S/C20H30O3/c1-19(9-10-19)7-3-5-14-13-16(21)15(18(23)17(14)22)6-4-8-20(2)11-12-20/h13,21-23H,3-12H2,1-2H3. The molecule has 3 N–H and O–H groups in total. The van der Waals surface area contributed by atoms with E-state index in [0.29, 0.717) is 34.8 Å². The van der Waals surface area contributed by atoms with Crippen molar-refractivity contribution in [3.8, 4) is 17.2 Å². The molecule has 0 saturated heterocycles. The van der Waals surface area contributed by atoms with Crippen LogP contribution < -0.4 is 0 Å². The first-order valence-electron chi connectivity index (χ1n) is 9.08. The molecule has 0 amide bonds. The minimum atomic E-state index is -0.112. The van der Waals surface area contributed by atoms with E-state index < -0.39 is 0 Å². The lowest BCUT2D eigenvalue weighted by molar-refractivity contribution is 0.380. The van der Waals surface area contributed by atoms with E-state index in [1.165, 1.54) is 25.7 Å². The summed E-state index contributed by atoms with van der Waals surface area (Å²) in [6.07, 6.45) is 10.7. The highest BCUT2D eigenvalue weighted by Crippen LogP contribution is 2.50. The fourth-order valence-corrected chi connectivity index (χ4v) is 3.50. The second kappa shape index (κ2) is 5.92. The first-order valence-corrected chi connectivity index (χ1v) is 9.08. The molecule has 0 unspecified atom stereocenters. The molecule has 1 aromatic rings. The minimum absolute atomic E-state index is 0.0311. The van der Waals surface area contributed by atoms with Crippen LogP contribution in [0.25, 0.3) is 0 Å². The van der Waals surface area contributed by atoms with Crippen molar-refractivity contribution in [3.63, 3.8) is 0 Å². The Bertz CT molecular complexity index is 583. The van der Waals surface area contributed by atoms with Gasteiger partial charge < -0.3 is 15.3 Å². The highest BCUT2D eigenvalue weighted by atomic mass is 16.3. The van der Waals surface area contributed by atoms with E-state index >= 15 is 0 Å². The Morgan fingerprint density at radius 2 is 1.35 bits per heavy atom. The van der Waals surface area contributed by atoms with Gasteiger partial charge in [0.15, 0.2) is 11.5 Å². The Kier molecular flexibility index (Phi) is 4.24. The summed E-state index contributed by atoms with van der Waals surface area (Å²) in [6, 6.07) is 1.65. The molecule has 23 heavy (non-hydrogen) atoms. The average molecular weight is 318 g/mol. The second-order valence-corrected chi connectivity index (χ2v) is 8.56. The first-order chi connectivity index (χ1) is 10.8. The van der Waals surface area contributed by atoms with Crippen LogP contribution in [0.1, 0.15) is 76.3 Å². The van der Waals surface area contributed by atoms with Crippen LogP contribution in [0.4, 0.5) is 0 Å². The summed E-state index contributed by atoms with van der Waals surface area (Å²) >= 11 is 0. The zero-order valence-corrected chi connectivity index (χ0v) is 14.5. The maximum atomic E-state index is 10.3. The predicted octanol–water partition coefficient (Wildman–Crippen LogP) is 5.05. The Hall–Kier alpha value is -1.38. The average Bonchev–Trinajstić information content (AvgIpc) is 3.40. The molecule has 1 aromatic carbocycles. The normalized spacial score (nSPS) is 20.4. The van der Waals surface area contributed by atoms with Crippen LogP contribution in [0.15, 0.2) is 6.07 Å². The molecule has 3 heteroatoms. The number of phenolic OH excluding ortho intramolecular Hbond substituents is 3. The van der Waals surface area contributed by atoms with Gasteiger partial charge in [-0.3, -0.25) is 0 Å². The molecule has 0 spiro atoms. The zero-order chi connectivity index (χ0) is 16.7. The molecule has 0 bridgehead atoms. The Balaban J connectivity index is 1.60. The van der Waals surface area contributed by atoms with Crippen molar-refractivity contribution < 1.29 is 15.3 Å². The van der Waals surface area contributed by atoms with Gasteiger partial charge in [0.05, 0.1) is 0 Å². The van der Waals surface area contributed by atoms with Crippen molar-refractivity contribution in [2.24, 2.45) is 10.8 Å². The molecule has 2 aliphatic carbocycles. The zero-order valence-electron chi connectivity index (χ0n) is 14.5. The quantitative estimate of drug-likeness (QED) is 0.464. The fourth-order valence-electron chi connectivity index (χ4n) is 3.50. The third-order valence-electron chi connectivity index (χ3n) is 6.08. The molecule has 0 aromatic heterocycles. The van der Waals surface area contributed by atoms with Crippen molar-refractivity contribution in [2.45, 2.75) is 78.1 Å². The van der Waals surface area contributed by atoms with Crippen LogP contribution in [0.5, 0.6) is 17.2 Å². The number of rotatable bonds is 8. The summed E-state index contributed by atoms with van der Waals surface area (Å²) in [5.74, 6) is -0.0103. The monoisotopic (exact) mass is 318 g/mol.